The molecule has 1 aromatic carbocycles. The van der Waals surface area contributed by atoms with Gasteiger partial charge in [0, 0.05) is 24.0 Å². The average molecular weight is 404 g/mol. The molecule has 1 aliphatic rings. The van der Waals surface area contributed by atoms with Gasteiger partial charge in [-0.3, -0.25) is 0 Å². The summed E-state index contributed by atoms with van der Waals surface area (Å²) in [6.07, 6.45) is 0.723. The molecule has 4 nitrogen and oxygen atoms in total. The minimum atomic E-state index is -4.50. The highest BCUT2D eigenvalue weighted by molar-refractivity contribution is 7.15. The first-order valence-electron chi connectivity index (χ1n) is 9.08. The van der Waals surface area contributed by atoms with Gasteiger partial charge in [0.15, 0.2) is 0 Å². The molecular weight excluding hydrogens is 385 g/mol. The molecule has 1 fully saturated rings. The van der Waals surface area contributed by atoms with Gasteiger partial charge in [0.05, 0.1) is 9.88 Å². The second kappa shape index (κ2) is 7.16. The van der Waals surface area contributed by atoms with Crippen molar-refractivity contribution in [3.63, 3.8) is 0 Å². The molecule has 0 atom stereocenters. The molecule has 0 bridgehead atoms. The Hall–Kier alpha value is -2.48. The molecular formula is C20H19F3N4S. The monoisotopic (exact) mass is 404 g/mol. The highest BCUT2D eigenvalue weighted by Crippen LogP contribution is 2.43. The normalized spacial score (nSPS) is 14.5. The van der Waals surface area contributed by atoms with Crippen LogP contribution in [0.25, 0.3) is 10.4 Å². The summed E-state index contributed by atoms with van der Waals surface area (Å²) < 4.78 is 38.7. The van der Waals surface area contributed by atoms with Crippen molar-refractivity contribution in [2.75, 3.05) is 5.32 Å². The number of thiazole rings is 1. The van der Waals surface area contributed by atoms with E-state index in [4.69, 9.17) is 0 Å². The maximum Gasteiger partial charge on any atom is 0.433 e. The van der Waals surface area contributed by atoms with E-state index < -0.39 is 11.9 Å². The highest BCUT2D eigenvalue weighted by atomic mass is 32.1. The number of rotatable bonds is 5. The Bertz CT molecular complexity index is 993. The quantitative estimate of drug-likeness (QED) is 0.537. The van der Waals surface area contributed by atoms with Crippen molar-refractivity contribution in [3.8, 4) is 10.4 Å². The Kier molecular flexibility index (Phi) is 4.82. The molecule has 1 aliphatic carbocycles. The lowest BCUT2D eigenvalue weighted by molar-refractivity contribution is -0.141. The van der Waals surface area contributed by atoms with E-state index in [1.54, 1.807) is 11.3 Å². The van der Waals surface area contributed by atoms with E-state index in [1.807, 2.05) is 18.3 Å². The molecule has 0 unspecified atom stereocenters. The highest BCUT2D eigenvalue weighted by Gasteiger charge is 2.33. The van der Waals surface area contributed by atoms with E-state index in [9.17, 15) is 13.2 Å². The van der Waals surface area contributed by atoms with Crippen LogP contribution < -0.4 is 5.32 Å². The molecule has 2 heterocycles. The van der Waals surface area contributed by atoms with Gasteiger partial charge in [-0.1, -0.05) is 13.8 Å². The lowest BCUT2D eigenvalue weighted by Gasteiger charge is -2.11. The minimum absolute atomic E-state index is 0.0686. The molecule has 4 rings (SSSR count). The van der Waals surface area contributed by atoms with Crippen molar-refractivity contribution in [1.82, 2.24) is 15.0 Å². The average Bonchev–Trinajstić information content (AvgIpc) is 3.37. The fourth-order valence-corrected chi connectivity index (χ4v) is 3.82. The van der Waals surface area contributed by atoms with Crippen LogP contribution in [0, 0.1) is 0 Å². The number of nitrogens with zero attached hydrogens (tertiary/aromatic N) is 3. The van der Waals surface area contributed by atoms with Crippen LogP contribution in [-0.2, 0) is 6.18 Å². The van der Waals surface area contributed by atoms with Crippen molar-refractivity contribution < 1.29 is 13.2 Å². The summed E-state index contributed by atoms with van der Waals surface area (Å²) in [7, 11) is 0. The second-order valence-electron chi connectivity index (χ2n) is 7.22. The zero-order valence-corrected chi connectivity index (χ0v) is 16.2. The van der Waals surface area contributed by atoms with Crippen LogP contribution in [-0.4, -0.2) is 15.0 Å². The molecule has 0 saturated heterocycles. The molecule has 0 amide bonds. The number of nitrogens with one attached hydrogen (secondary N) is 1. The number of hydrogen-bond donors (Lipinski definition) is 1. The van der Waals surface area contributed by atoms with Gasteiger partial charge in [0.1, 0.15) is 5.69 Å². The molecule has 28 heavy (non-hydrogen) atoms. The molecule has 0 aliphatic heterocycles. The Labute approximate surface area is 164 Å². The fourth-order valence-electron chi connectivity index (χ4n) is 2.91. The lowest BCUT2D eigenvalue weighted by atomic mass is 10.0. The lowest BCUT2D eigenvalue weighted by Crippen LogP contribution is -2.10. The standard InChI is InChI=1S/C20H19F3N4S/c1-11(2)18-25-10-16(28-18)14-7-13(12-3-4-12)8-15(9-14)26-19-24-6-5-17(27-19)20(21,22)23/h5-12H,3-4H2,1-2H3,(H,24,26,27). The summed E-state index contributed by atoms with van der Waals surface area (Å²) in [6.45, 7) is 4.20. The molecule has 0 radical (unpaired) electrons. The smallest absolute Gasteiger partial charge is 0.324 e. The van der Waals surface area contributed by atoms with Crippen LogP contribution in [0.1, 0.15) is 54.8 Å². The van der Waals surface area contributed by atoms with Crippen LogP contribution in [0.15, 0.2) is 36.7 Å². The Morgan fingerprint density at radius 2 is 1.93 bits per heavy atom. The number of alkyl halides is 3. The maximum absolute atomic E-state index is 12.9. The van der Waals surface area contributed by atoms with Crippen molar-refractivity contribution in [2.24, 2.45) is 0 Å². The minimum Gasteiger partial charge on any atom is -0.324 e. The van der Waals surface area contributed by atoms with Crippen LogP contribution >= 0.6 is 11.3 Å². The van der Waals surface area contributed by atoms with E-state index in [2.05, 4.69) is 40.2 Å². The summed E-state index contributed by atoms with van der Waals surface area (Å²) in [5.41, 5.74) is 1.89. The first kappa shape index (κ1) is 18.9. The third kappa shape index (κ3) is 4.16. The Morgan fingerprint density at radius 1 is 1.14 bits per heavy atom. The predicted octanol–water partition coefficient (Wildman–Crippen LogP) is 6.36. The van der Waals surface area contributed by atoms with Crippen LogP contribution in [0.2, 0.25) is 0 Å². The number of halogens is 3. The summed E-state index contributed by atoms with van der Waals surface area (Å²) in [5, 5.41) is 4.00. The van der Waals surface area contributed by atoms with Gasteiger partial charge in [-0.15, -0.1) is 11.3 Å². The van der Waals surface area contributed by atoms with Crippen molar-refractivity contribution in [2.45, 2.75) is 44.7 Å². The number of aromatic nitrogens is 3. The molecule has 2 aromatic heterocycles. The molecule has 1 saturated carbocycles. The van der Waals surface area contributed by atoms with Crippen molar-refractivity contribution in [1.29, 1.82) is 0 Å². The van der Waals surface area contributed by atoms with Crippen LogP contribution in [0.3, 0.4) is 0 Å². The molecule has 8 heteroatoms. The van der Waals surface area contributed by atoms with Gasteiger partial charge in [-0.2, -0.15) is 13.2 Å². The van der Waals surface area contributed by atoms with E-state index >= 15 is 0 Å². The maximum atomic E-state index is 12.9. The predicted molar refractivity (Wildman–Crippen MR) is 104 cm³/mol. The molecule has 3 aromatic rings. The van der Waals surface area contributed by atoms with E-state index in [-0.39, 0.29) is 5.95 Å². The first-order valence-corrected chi connectivity index (χ1v) is 9.89. The van der Waals surface area contributed by atoms with Crippen LogP contribution in [0.5, 0.6) is 0 Å². The SMILES string of the molecule is CC(C)c1ncc(-c2cc(Nc3nccc(C(F)(F)F)n3)cc(C3CC3)c2)s1. The summed E-state index contributed by atoms with van der Waals surface area (Å²) in [6, 6.07) is 6.89. The fraction of sp³-hybridized carbons (Fsp3) is 0.350. The number of hydrogen-bond acceptors (Lipinski definition) is 5. The molecule has 146 valence electrons. The Morgan fingerprint density at radius 3 is 2.57 bits per heavy atom. The van der Waals surface area contributed by atoms with E-state index in [0.717, 1.165) is 40.6 Å². The summed E-state index contributed by atoms with van der Waals surface area (Å²) >= 11 is 1.64. The summed E-state index contributed by atoms with van der Waals surface area (Å²) in [5.74, 6) is 0.780. The van der Waals surface area contributed by atoms with E-state index in [0.29, 0.717) is 17.5 Å². The zero-order valence-electron chi connectivity index (χ0n) is 15.4. The topological polar surface area (TPSA) is 50.7 Å². The van der Waals surface area contributed by atoms with Gasteiger partial charge in [-0.25, -0.2) is 15.0 Å². The largest absolute Gasteiger partial charge is 0.433 e. The van der Waals surface area contributed by atoms with Gasteiger partial charge in [0.2, 0.25) is 5.95 Å². The zero-order chi connectivity index (χ0) is 19.9. The third-order valence-corrected chi connectivity index (χ3v) is 5.86. The van der Waals surface area contributed by atoms with Gasteiger partial charge in [-0.05, 0) is 54.2 Å². The van der Waals surface area contributed by atoms with Crippen LogP contribution in [0.4, 0.5) is 24.8 Å². The van der Waals surface area contributed by atoms with Gasteiger partial charge >= 0.3 is 6.18 Å². The Balaban J connectivity index is 1.68. The third-order valence-electron chi connectivity index (χ3n) is 4.51. The summed E-state index contributed by atoms with van der Waals surface area (Å²) in [4.78, 5) is 13.1. The second-order valence-corrected chi connectivity index (χ2v) is 8.29. The first-order chi connectivity index (χ1) is 13.3. The van der Waals surface area contributed by atoms with Gasteiger partial charge in [0.25, 0.3) is 0 Å². The molecule has 1 N–H and O–H groups in total. The van der Waals surface area contributed by atoms with E-state index in [1.165, 1.54) is 5.56 Å². The van der Waals surface area contributed by atoms with Crippen molar-refractivity contribution in [3.05, 3.63) is 52.9 Å². The van der Waals surface area contributed by atoms with Crippen molar-refractivity contribution >= 4 is 23.0 Å². The molecule has 0 spiro atoms. The number of benzene rings is 1. The number of anilines is 2. The van der Waals surface area contributed by atoms with Gasteiger partial charge < -0.3 is 5.32 Å².